The van der Waals surface area contributed by atoms with E-state index >= 15 is 0 Å². The number of esters is 1. The lowest BCUT2D eigenvalue weighted by atomic mass is 10.3. The average molecular weight is 234 g/mol. The molecule has 1 aromatic rings. The Labute approximate surface area is 92.0 Å². The van der Waals surface area contributed by atoms with Gasteiger partial charge in [0.2, 0.25) is 0 Å². The molecule has 0 bridgehead atoms. The third-order valence-corrected chi connectivity index (χ3v) is 2.75. The number of ether oxygens (including phenoxy) is 1. The summed E-state index contributed by atoms with van der Waals surface area (Å²) in [5.74, 6) is -0.399. The van der Waals surface area contributed by atoms with Crippen LogP contribution >= 0.6 is 22.9 Å². The van der Waals surface area contributed by atoms with E-state index in [1.807, 2.05) is 16.8 Å². The van der Waals surface area contributed by atoms with E-state index in [0.29, 0.717) is 6.54 Å². The van der Waals surface area contributed by atoms with Crippen molar-refractivity contribution in [2.24, 2.45) is 0 Å². The van der Waals surface area contributed by atoms with Crippen molar-refractivity contribution in [1.82, 2.24) is 5.32 Å². The van der Waals surface area contributed by atoms with Gasteiger partial charge in [-0.2, -0.15) is 11.3 Å². The minimum absolute atomic E-state index is 0.399. The highest BCUT2D eigenvalue weighted by Crippen LogP contribution is 2.05. The van der Waals surface area contributed by atoms with Crippen LogP contribution in [0.15, 0.2) is 16.8 Å². The molecule has 1 heterocycles. The summed E-state index contributed by atoms with van der Waals surface area (Å²) in [6.07, 6.45) is 0. The predicted octanol–water partition coefficient (Wildman–Crippen LogP) is 1.62. The average Bonchev–Trinajstić information content (AvgIpc) is 2.69. The van der Waals surface area contributed by atoms with Gasteiger partial charge in [-0.1, -0.05) is 0 Å². The normalized spacial score (nSPS) is 12.4. The molecule has 1 unspecified atom stereocenters. The number of thiophene rings is 1. The fraction of sp³-hybridized carbons (Fsp3) is 0.444. The molecule has 0 aliphatic rings. The molecule has 1 N–H and O–H groups in total. The summed E-state index contributed by atoms with van der Waals surface area (Å²) >= 11 is 7.38. The van der Waals surface area contributed by atoms with E-state index in [0.717, 1.165) is 6.54 Å². The summed E-state index contributed by atoms with van der Waals surface area (Å²) in [4.78, 5) is 10.9. The molecule has 0 aliphatic carbocycles. The van der Waals surface area contributed by atoms with Crippen LogP contribution in [0.4, 0.5) is 0 Å². The van der Waals surface area contributed by atoms with Gasteiger partial charge in [-0.25, -0.2) is 0 Å². The molecule has 0 spiro atoms. The minimum atomic E-state index is -0.612. The maximum absolute atomic E-state index is 10.9. The van der Waals surface area contributed by atoms with Crippen LogP contribution in [-0.4, -0.2) is 25.0 Å². The molecule has 0 fully saturated rings. The second kappa shape index (κ2) is 6.01. The Kier molecular flexibility index (Phi) is 4.93. The van der Waals surface area contributed by atoms with Crippen molar-refractivity contribution < 1.29 is 9.53 Å². The Hall–Kier alpha value is -0.580. The van der Waals surface area contributed by atoms with E-state index in [1.165, 1.54) is 12.7 Å². The lowest BCUT2D eigenvalue weighted by Gasteiger charge is -2.07. The molecular formula is C9H12ClNO2S. The molecule has 0 radical (unpaired) electrons. The molecule has 0 saturated carbocycles. The summed E-state index contributed by atoms with van der Waals surface area (Å²) in [7, 11) is 1.33. The van der Waals surface area contributed by atoms with Crippen LogP contribution in [0.1, 0.15) is 5.56 Å². The number of alkyl halides is 1. The van der Waals surface area contributed by atoms with Crippen LogP contribution in [0.2, 0.25) is 0 Å². The molecule has 14 heavy (non-hydrogen) atoms. The highest BCUT2D eigenvalue weighted by Gasteiger charge is 2.14. The molecular weight excluding hydrogens is 222 g/mol. The molecule has 0 saturated heterocycles. The monoisotopic (exact) mass is 233 g/mol. The van der Waals surface area contributed by atoms with Gasteiger partial charge in [-0.15, -0.1) is 11.6 Å². The highest BCUT2D eigenvalue weighted by molar-refractivity contribution is 7.07. The van der Waals surface area contributed by atoms with E-state index in [4.69, 9.17) is 11.6 Å². The first-order valence-electron chi connectivity index (χ1n) is 4.17. The lowest BCUT2D eigenvalue weighted by Crippen LogP contribution is -2.29. The third kappa shape index (κ3) is 3.65. The van der Waals surface area contributed by atoms with Crippen molar-refractivity contribution in [2.75, 3.05) is 13.7 Å². The Bertz CT molecular complexity index is 276. The van der Waals surface area contributed by atoms with Crippen LogP contribution < -0.4 is 5.32 Å². The second-order valence-electron chi connectivity index (χ2n) is 2.75. The Morgan fingerprint density at radius 1 is 1.79 bits per heavy atom. The molecule has 0 aromatic carbocycles. The van der Waals surface area contributed by atoms with Gasteiger partial charge in [-0.05, 0) is 22.4 Å². The van der Waals surface area contributed by atoms with Gasteiger partial charge in [0.15, 0.2) is 0 Å². The Morgan fingerprint density at radius 3 is 3.14 bits per heavy atom. The zero-order valence-corrected chi connectivity index (χ0v) is 9.40. The van der Waals surface area contributed by atoms with Crippen LogP contribution in [0, 0.1) is 0 Å². The van der Waals surface area contributed by atoms with Crippen molar-refractivity contribution >= 4 is 28.9 Å². The van der Waals surface area contributed by atoms with Crippen molar-refractivity contribution in [3.05, 3.63) is 22.4 Å². The minimum Gasteiger partial charge on any atom is -0.468 e. The number of methoxy groups -OCH3 is 1. The molecule has 3 nitrogen and oxygen atoms in total. The van der Waals surface area contributed by atoms with Gasteiger partial charge in [0.05, 0.1) is 7.11 Å². The number of carbonyl (C=O) groups is 1. The zero-order chi connectivity index (χ0) is 10.4. The first kappa shape index (κ1) is 11.5. The summed E-state index contributed by atoms with van der Waals surface area (Å²) in [6.45, 7) is 1.15. The van der Waals surface area contributed by atoms with Gasteiger partial charge in [0.1, 0.15) is 5.38 Å². The van der Waals surface area contributed by atoms with Gasteiger partial charge in [0, 0.05) is 13.1 Å². The lowest BCUT2D eigenvalue weighted by molar-refractivity contribution is -0.140. The maximum atomic E-state index is 10.9. The van der Waals surface area contributed by atoms with Gasteiger partial charge < -0.3 is 10.1 Å². The van der Waals surface area contributed by atoms with E-state index in [2.05, 4.69) is 10.1 Å². The second-order valence-corrected chi connectivity index (χ2v) is 4.06. The maximum Gasteiger partial charge on any atom is 0.325 e. The first-order chi connectivity index (χ1) is 6.74. The molecule has 78 valence electrons. The Balaban J connectivity index is 2.18. The number of carbonyl (C=O) groups excluding carboxylic acids is 1. The van der Waals surface area contributed by atoms with Crippen LogP contribution in [-0.2, 0) is 16.1 Å². The number of nitrogens with one attached hydrogen (secondary N) is 1. The molecule has 1 aromatic heterocycles. The van der Waals surface area contributed by atoms with Crippen molar-refractivity contribution in [3.8, 4) is 0 Å². The SMILES string of the molecule is COC(=O)C(Cl)CNCc1ccsc1. The van der Waals surface area contributed by atoms with Crippen molar-refractivity contribution in [2.45, 2.75) is 11.9 Å². The van der Waals surface area contributed by atoms with E-state index in [1.54, 1.807) is 11.3 Å². The summed E-state index contributed by atoms with van der Waals surface area (Å²) in [6, 6.07) is 2.03. The highest BCUT2D eigenvalue weighted by atomic mass is 35.5. The van der Waals surface area contributed by atoms with Gasteiger partial charge in [-0.3, -0.25) is 4.79 Å². The number of rotatable bonds is 5. The smallest absolute Gasteiger partial charge is 0.325 e. The third-order valence-electron chi connectivity index (χ3n) is 1.69. The molecule has 1 atom stereocenters. The predicted molar refractivity (Wildman–Crippen MR) is 57.7 cm³/mol. The van der Waals surface area contributed by atoms with Crippen LogP contribution in [0.25, 0.3) is 0 Å². The number of hydrogen-bond donors (Lipinski definition) is 1. The quantitative estimate of drug-likeness (QED) is 0.621. The molecule has 5 heteroatoms. The fourth-order valence-electron chi connectivity index (χ4n) is 0.948. The van der Waals surface area contributed by atoms with E-state index in [9.17, 15) is 4.79 Å². The van der Waals surface area contributed by atoms with Crippen molar-refractivity contribution in [3.63, 3.8) is 0 Å². The van der Waals surface area contributed by atoms with Gasteiger partial charge in [0.25, 0.3) is 0 Å². The standard InChI is InChI=1S/C9H12ClNO2S/c1-13-9(12)8(10)5-11-4-7-2-3-14-6-7/h2-3,6,8,11H,4-5H2,1H3. The number of halogens is 1. The van der Waals surface area contributed by atoms with Crippen molar-refractivity contribution in [1.29, 1.82) is 0 Å². The first-order valence-corrected chi connectivity index (χ1v) is 5.55. The summed E-state index contributed by atoms with van der Waals surface area (Å²) in [5.41, 5.74) is 1.20. The van der Waals surface area contributed by atoms with Crippen LogP contribution in [0.5, 0.6) is 0 Å². The topological polar surface area (TPSA) is 38.3 Å². The zero-order valence-electron chi connectivity index (χ0n) is 7.83. The number of hydrogen-bond acceptors (Lipinski definition) is 4. The molecule has 0 amide bonds. The fourth-order valence-corrected chi connectivity index (χ4v) is 1.81. The molecule has 0 aliphatic heterocycles. The Morgan fingerprint density at radius 2 is 2.57 bits per heavy atom. The largest absolute Gasteiger partial charge is 0.468 e. The summed E-state index contributed by atoms with van der Waals surface area (Å²) < 4.78 is 4.49. The van der Waals surface area contributed by atoms with Gasteiger partial charge >= 0.3 is 5.97 Å². The van der Waals surface area contributed by atoms with E-state index < -0.39 is 11.3 Å². The van der Waals surface area contributed by atoms with Crippen LogP contribution in [0.3, 0.4) is 0 Å². The van der Waals surface area contributed by atoms with E-state index in [-0.39, 0.29) is 0 Å². The summed E-state index contributed by atoms with van der Waals surface area (Å²) in [5, 5.41) is 6.52. The molecule has 1 rings (SSSR count).